The van der Waals surface area contributed by atoms with Crippen LogP contribution in [0.3, 0.4) is 0 Å². The zero-order valence-corrected chi connectivity index (χ0v) is 10.8. The average molecular weight is 221 g/mol. The molecule has 0 aliphatic rings. The van der Waals surface area contributed by atoms with Gasteiger partial charge in [-0.05, 0) is 25.5 Å². The Hall–Kier alpha value is -1.25. The predicted molar refractivity (Wildman–Crippen MR) is 71.2 cm³/mol. The van der Waals surface area contributed by atoms with Gasteiger partial charge in [-0.25, -0.2) is 4.98 Å². The SMILES string of the molecule is CCCCC(C)Nc1ccc(N(C)C)cn1. The summed E-state index contributed by atoms with van der Waals surface area (Å²) < 4.78 is 0. The Morgan fingerprint density at radius 2 is 2.12 bits per heavy atom. The molecule has 1 N–H and O–H groups in total. The van der Waals surface area contributed by atoms with Crippen LogP contribution in [-0.4, -0.2) is 25.1 Å². The molecular formula is C13H23N3. The third-order valence-electron chi connectivity index (χ3n) is 2.65. The Morgan fingerprint density at radius 1 is 1.38 bits per heavy atom. The highest BCUT2D eigenvalue weighted by molar-refractivity contribution is 5.48. The molecule has 0 aromatic carbocycles. The monoisotopic (exact) mass is 221 g/mol. The number of hydrogen-bond acceptors (Lipinski definition) is 3. The molecule has 1 unspecified atom stereocenters. The fourth-order valence-corrected chi connectivity index (χ4v) is 1.57. The van der Waals surface area contributed by atoms with Crippen molar-refractivity contribution in [2.45, 2.75) is 39.2 Å². The Kier molecular flexibility index (Phi) is 5.09. The minimum absolute atomic E-state index is 0.498. The van der Waals surface area contributed by atoms with Gasteiger partial charge in [-0.15, -0.1) is 0 Å². The van der Waals surface area contributed by atoms with Crippen LogP contribution in [0.1, 0.15) is 33.1 Å². The average Bonchev–Trinajstić information content (AvgIpc) is 2.27. The van der Waals surface area contributed by atoms with Gasteiger partial charge in [0.2, 0.25) is 0 Å². The number of aromatic nitrogens is 1. The summed E-state index contributed by atoms with van der Waals surface area (Å²) in [4.78, 5) is 6.45. The number of pyridine rings is 1. The van der Waals surface area contributed by atoms with Gasteiger partial charge >= 0.3 is 0 Å². The first kappa shape index (κ1) is 12.8. The maximum atomic E-state index is 4.40. The van der Waals surface area contributed by atoms with E-state index in [1.165, 1.54) is 19.3 Å². The van der Waals surface area contributed by atoms with E-state index < -0.39 is 0 Å². The molecule has 1 aromatic rings. The van der Waals surface area contributed by atoms with Crippen LogP contribution in [0.5, 0.6) is 0 Å². The maximum Gasteiger partial charge on any atom is 0.126 e. The van der Waals surface area contributed by atoms with E-state index in [-0.39, 0.29) is 0 Å². The van der Waals surface area contributed by atoms with Gasteiger partial charge in [0.05, 0.1) is 11.9 Å². The van der Waals surface area contributed by atoms with Crippen LogP contribution in [0, 0.1) is 0 Å². The van der Waals surface area contributed by atoms with E-state index in [4.69, 9.17) is 0 Å². The molecule has 1 aromatic heterocycles. The fourth-order valence-electron chi connectivity index (χ4n) is 1.57. The van der Waals surface area contributed by atoms with Crippen molar-refractivity contribution in [3.8, 4) is 0 Å². The molecule has 1 atom stereocenters. The number of rotatable bonds is 6. The Balaban J connectivity index is 2.48. The molecule has 0 aliphatic carbocycles. The largest absolute Gasteiger partial charge is 0.376 e. The van der Waals surface area contributed by atoms with Crippen LogP contribution in [0.2, 0.25) is 0 Å². The molecule has 1 rings (SSSR count). The number of nitrogens with one attached hydrogen (secondary N) is 1. The highest BCUT2D eigenvalue weighted by atomic mass is 15.1. The van der Waals surface area contributed by atoms with E-state index in [0.29, 0.717) is 6.04 Å². The van der Waals surface area contributed by atoms with Crippen LogP contribution in [-0.2, 0) is 0 Å². The quantitative estimate of drug-likeness (QED) is 0.800. The van der Waals surface area contributed by atoms with Gasteiger partial charge in [0.15, 0.2) is 0 Å². The van der Waals surface area contributed by atoms with Crippen molar-refractivity contribution >= 4 is 11.5 Å². The predicted octanol–water partition coefficient (Wildman–Crippen LogP) is 3.14. The molecular weight excluding hydrogens is 198 g/mol. The number of anilines is 2. The fraction of sp³-hybridized carbons (Fsp3) is 0.615. The summed E-state index contributed by atoms with van der Waals surface area (Å²) >= 11 is 0. The van der Waals surface area contributed by atoms with Crippen molar-refractivity contribution in [1.82, 2.24) is 4.98 Å². The van der Waals surface area contributed by atoms with Gasteiger partial charge in [-0.2, -0.15) is 0 Å². The van der Waals surface area contributed by atoms with Crippen molar-refractivity contribution in [2.75, 3.05) is 24.3 Å². The van der Waals surface area contributed by atoms with E-state index in [2.05, 4.69) is 35.1 Å². The Labute approximate surface area is 98.9 Å². The molecule has 16 heavy (non-hydrogen) atoms. The summed E-state index contributed by atoms with van der Waals surface area (Å²) in [6.07, 6.45) is 5.62. The summed E-state index contributed by atoms with van der Waals surface area (Å²) in [5.74, 6) is 0.967. The summed E-state index contributed by atoms with van der Waals surface area (Å²) in [5.41, 5.74) is 1.13. The topological polar surface area (TPSA) is 28.2 Å². The van der Waals surface area contributed by atoms with Gasteiger partial charge in [0.1, 0.15) is 5.82 Å². The molecule has 0 aliphatic heterocycles. The van der Waals surface area contributed by atoms with Gasteiger partial charge in [0.25, 0.3) is 0 Å². The second kappa shape index (κ2) is 6.36. The van der Waals surface area contributed by atoms with Gasteiger partial charge in [-0.3, -0.25) is 0 Å². The normalized spacial score (nSPS) is 12.2. The molecule has 1 heterocycles. The first-order chi connectivity index (χ1) is 7.63. The molecule has 0 bridgehead atoms. The smallest absolute Gasteiger partial charge is 0.126 e. The number of unbranched alkanes of at least 4 members (excludes halogenated alkanes) is 1. The lowest BCUT2D eigenvalue weighted by Crippen LogP contribution is -2.16. The third kappa shape index (κ3) is 4.09. The van der Waals surface area contributed by atoms with Gasteiger partial charge < -0.3 is 10.2 Å². The van der Waals surface area contributed by atoms with E-state index in [0.717, 1.165) is 11.5 Å². The lowest BCUT2D eigenvalue weighted by Gasteiger charge is -2.16. The number of hydrogen-bond donors (Lipinski definition) is 1. The van der Waals surface area contributed by atoms with Crippen LogP contribution in [0.4, 0.5) is 11.5 Å². The van der Waals surface area contributed by atoms with Crippen molar-refractivity contribution in [1.29, 1.82) is 0 Å². The zero-order chi connectivity index (χ0) is 12.0. The molecule has 0 amide bonds. The molecule has 0 saturated carbocycles. The number of nitrogens with zero attached hydrogens (tertiary/aromatic N) is 2. The lowest BCUT2D eigenvalue weighted by atomic mass is 10.1. The van der Waals surface area contributed by atoms with Crippen molar-refractivity contribution in [3.05, 3.63) is 18.3 Å². The van der Waals surface area contributed by atoms with E-state index in [9.17, 15) is 0 Å². The minimum atomic E-state index is 0.498. The van der Waals surface area contributed by atoms with Crippen molar-refractivity contribution in [2.24, 2.45) is 0 Å². The zero-order valence-electron chi connectivity index (χ0n) is 10.8. The minimum Gasteiger partial charge on any atom is -0.376 e. The van der Waals surface area contributed by atoms with E-state index in [1.807, 2.05) is 26.4 Å². The van der Waals surface area contributed by atoms with Crippen LogP contribution in [0.25, 0.3) is 0 Å². The maximum absolute atomic E-state index is 4.40. The highest BCUT2D eigenvalue weighted by Gasteiger charge is 2.02. The van der Waals surface area contributed by atoms with Gasteiger partial charge in [0, 0.05) is 20.1 Å². The molecule has 0 fully saturated rings. The third-order valence-corrected chi connectivity index (χ3v) is 2.65. The highest BCUT2D eigenvalue weighted by Crippen LogP contribution is 2.13. The van der Waals surface area contributed by atoms with Crippen LogP contribution in [0.15, 0.2) is 18.3 Å². The van der Waals surface area contributed by atoms with Crippen molar-refractivity contribution in [3.63, 3.8) is 0 Å². The van der Waals surface area contributed by atoms with Crippen LogP contribution >= 0.6 is 0 Å². The second-order valence-corrected chi connectivity index (χ2v) is 4.48. The molecule has 3 heteroatoms. The van der Waals surface area contributed by atoms with Crippen molar-refractivity contribution < 1.29 is 0 Å². The van der Waals surface area contributed by atoms with Crippen LogP contribution < -0.4 is 10.2 Å². The van der Waals surface area contributed by atoms with E-state index >= 15 is 0 Å². The van der Waals surface area contributed by atoms with E-state index in [1.54, 1.807) is 0 Å². The molecule has 90 valence electrons. The summed E-state index contributed by atoms with van der Waals surface area (Å²) in [7, 11) is 4.04. The molecule has 0 saturated heterocycles. The molecule has 0 radical (unpaired) electrons. The lowest BCUT2D eigenvalue weighted by molar-refractivity contribution is 0.643. The summed E-state index contributed by atoms with van der Waals surface area (Å²) in [5, 5.41) is 3.41. The second-order valence-electron chi connectivity index (χ2n) is 4.48. The first-order valence-corrected chi connectivity index (χ1v) is 6.03. The molecule has 0 spiro atoms. The molecule has 3 nitrogen and oxygen atoms in total. The Morgan fingerprint density at radius 3 is 2.62 bits per heavy atom. The Bertz CT molecular complexity index is 293. The summed E-state index contributed by atoms with van der Waals surface area (Å²) in [6.45, 7) is 4.42. The van der Waals surface area contributed by atoms with Gasteiger partial charge in [-0.1, -0.05) is 19.8 Å². The summed E-state index contributed by atoms with van der Waals surface area (Å²) in [6, 6.07) is 4.62. The first-order valence-electron chi connectivity index (χ1n) is 6.03. The standard InChI is InChI=1S/C13H23N3/c1-5-6-7-11(2)15-13-9-8-12(10-14-13)16(3)4/h8-11H,5-7H2,1-4H3,(H,14,15).